The van der Waals surface area contributed by atoms with Crippen LogP contribution in [0.1, 0.15) is 148 Å². The van der Waals surface area contributed by atoms with Crippen molar-refractivity contribution in [3.05, 3.63) is 168 Å². The van der Waals surface area contributed by atoms with E-state index >= 15 is 0 Å². The molecule has 0 saturated heterocycles. The van der Waals surface area contributed by atoms with Crippen molar-refractivity contribution in [3.8, 4) is 34.5 Å². The molecule has 9 nitrogen and oxygen atoms in total. The third-order valence-electron chi connectivity index (χ3n) is 11.5. The average Bonchev–Trinajstić information content (AvgIpc) is 3.38. The maximum atomic E-state index is 12.8. The Balaban J connectivity index is 0.862. The molecular weight excluding hydrogens is 861 g/mol. The van der Waals surface area contributed by atoms with E-state index in [0.29, 0.717) is 47.3 Å². The van der Waals surface area contributed by atoms with Crippen molar-refractivity contribution in [1.29, 1.82) is 0 Å². The van der Waals surface area contributed by atoms with Crippen LogP contribution >= 0.6 is 0 Å². The van der Waals surface area contributed by atoms with Gasteiger partial charge in [-0.25, -0.2) is 9.59 Å². The van der Waals surface area contributed by atoms with Crippen LogP contribution in [0.5, 0.6) is 34.5 Å². The van der Waals surface area contributed by atoms with Crippen molar-refractivity contribution in [1.82, 2.24) is 0 Å². The quantitative estimate of drug-likeness (QED) is 0.0192. The lowest BCUT2D eigenvalue weighted by Gasteiger charge is -2.08. The first-order chi connectivity index (χ1) is 33.9. The number of aliphatic imine (C=N–C) groups is 2. The highest BCUT2D eigenvalue weighted by atomic mass is 16.5. The lowest BCUT2D eigenvalue weighted by atomic mass is 10.1. The van der Waals surface area contributed by atoms with Crippen LogP contribution in [0.25, 0.3) is 0 Å². The molecule has 0 spiro atoms. The SMILES string of the molecule is CCCCCCCCCCOc1ccc(C(=O)Oc2ccc(C=Nc3ccc(Oc4ccc(N=Cc5ccc(OC(=O)c6ccc(OCCCCCCCCCC)cc6)cc5)cc4)cc3)cc2)cc1. The number of unbranched alkanes of at least 4 members (excludes halogenated alkanes) is 14. The normalized spacial score (nSPS) is 11.2. The number of esters is 2. The van der Waals surface area contributed by atoms with Crippen LogP contribution in [0.15, 0.2) is 156 Å². The average molecular weight is 929 g/mol. The van der Waals surface area contributed by atoms with Crippen LogP contribution in [0, 0.1) is 0 Å². The number of rotatable bonds is 30. The fraction of sp³-hybridized carbons (Fsp3) is 0.333. The molecule has 0 amide bonds. The molecular formula is C60H68N2O7. The summed E-state index contributed by atoms with van der Waals surface area (Å²) >= 11 is 0. The zero-order valence-corrected chi connectivity index (χ0v) is 40.5. The van der Waals surface area contributed by atoms with Crippen LogP contribution in [0.4, 0.5) is 11.4 Å². The van der Waals surface area contributed by atoms with Gasteiger partial charge in [0.2, 0.25) is 0 Å². The summed E-state index contributed by atoms with van der Waals surface area (Å²) in [5, 5.41) is 0. The molecule has 0 saturated carbocycles. The van der Waals surface area contributed by atoms with Gasteiger partial charge in [0.05, 0.1) is 35.7 Å². The molecule has 0 bridgehead atoms. The van der Waals surface area contributed by atoms with Crippen molar-refractivity contribution in [3.63, 3.8) is 0 Å². The highest BCUT2D eigenvalue weighted by Crippen LogP contribution is 2.27. The third-order valence-corrected chi connectivity index (χ3v) is 11.5. The van der Waals surface area contributed by atoms with E-state index in [1.165, 1.54) is 89.9 Å². The molecule has 6 aromatic carbocycles. The third kappa shape index (κ3) is 19.3. The van der Waals surface area contributed by atoms with Gasteiger partial charge in [0.1, 0.15) is 34.5 Å². The molecule has 0 unspecified atom stereocenters. The van der Waals surface area contributed by atoms with Crippen LogP contribution in [0.2, 0.25) is 0 Å². The monoisotopic (exact) mass is 929 g/mol. The summed E-state index contributed by atoms with van der Waals surface area (Å²) in [6.45, 7) is 5.84. The van der Waals surface area contributed by atoms with Crippen molar-refractivity contribution < 1.29 is 33.3 Å². The molecule has 0 aliphatic rings. The number of ether oxygens (including phenoxy) is 5. The summed E-state index contributed by atoms with van der Waals surface area (Å²) < 4.78 is 29.0. The summed E-state index contributed by atoms with van der Waals surface area (Å²) in [5.41, 5.74) is 4.17. The van der Waals surface area contributed by atoms with Gasteiger partial charge in [-0.1, -0.05) is 104 Å². The summed E-state index contributed by atoms with van der Waals surface area (Å²) in [7, 11) is 0. The second-order valence-corrected chi connectivity index (χ2v) is 17.2. The van der Waals surface area contributed by atoms with E-state index in [0.717, 1.165) is 46.8 Å². The van der Waals surface area contributed by atoms with Gasteiger partial charge < -0.3 is 23.7 Å². The first-order valence-electron chi connectivity index (χ1n) is 25.0. The van der Waals surface area contributed by atoms with Crippen molar-refractivity contribution >= 4 is 35.7 Å². The topological polar surface area (TPSA) is 105 Å². The Kier molecular flexibility index (Phi) is 22.1. The van der Waals surface area contributed by atoms with E-state index in [-0.39, 0.29) is 0 Å². The van der Waals surface area contributed by atoms with Gasteiger partial charge in [-0.05, 0) is 170 Å². The van der Waals surface area contributed by atoms with Gasteiger partial charge in [0, 0.05) is 12.4 Å². The molecule has 0 fully saturated rings. The summed E-state index contributed by atoms with van der Waals surface area (Å²) in [6.07, 6.45) is 23.6. The Morgan fingerprint density at radius 2 is 0.667 bits per heavy atom. The zero-order valence-electron chi connectivity index (χ0n) is 40.5. The molecule has 9 heteroatoms. The number of carbonyl (C=O) groups is 2. The molecule has 0 aliphatic carbocycles. The Labute approximate surface area is 409 Å². The molecule has 0 aromatic heterocycles. The minimum Gasteiger partial charge on any atom is -0.494 e. The van der Waals surface area contributed by atoms with Crippen molar-refractivity contribution in [2.75, 3.05) is 13.2 Å². The van der Waals surface area contributed by atoms with E-state index in [1.54, 1.807) is 61.0 Å². The van der Waals surface area contributed by atoms with Gasteiger partial charge in [0.25, 0.3) is 0 Å². The van der Waals surface area contributed by atoms with E-state index in [2.05, 4.69) is 23.8 Å². The fourth-order valence-electron chi connectivity index (χ4n) is 7.44. The van der Waals surface area contributed by atoms with Crippen LogP contribution in [0.3, 0.4) is 0 Å². The van der Waals surface area contributed by atoms with Gasteiger partial charge in [-0.2, -0.15) is 0 Å². The van der Waals surface area contributed by atoms with Crippen molar-refractivity contribution in [2.45, 2.75) is 117 Å². The van der Waals surface area contributed by atoms with Crippen LogP contribution < -0.4 is 23.7 Å². The summed E-state index contributed by atoms with van der Waals surface area (Å²) in [6, 6.07) is 43.6. The Morgan fingerprint density at radius 3 is 1.01 bits per heavy atom. The van der Waals surface area contributed by atoms with Gasteiger partial charge >= 0.3 is 11.9 Å². The maximum absolute atomic E-state index is 12.8. The number of nitrogens with zero attached hydrogens (tertiary/aromatic N) is 2. The lowest BCUT2D eigenvalue weighted by Crippen LogP contribution is -2.08. The number of carbonyl (C=O) groups excluding carboxylic acids is 2. The summed E-state index contributed by atoms with van der Waals surface area (Å²) in [4.78, 5) is 34.7. The second kappa shape index (κ2) is 29.7. The van der Waals surface area contributed by atoms with E-state index < -0.39 is 11.9 Å². The number of hydrogen-bond donors (Lipinski definition) is 0. The Hall–Kier alpha value is -7.00. The predicted octanol–water partition coefficient (Wildman–Crippen LogP) is 16.5. The fourth-order valence-corrected chi connectivity index (χ4v) is 7.44. The highest BCUT2D eigenvalue weighted by molar-refractivity contribution is 5.92. The Bertz CT molecular complexity index is 2270. The predicted molar refractivity (Wildman–Crippen MR) is 279 cm³/mol. The molecule has 6 aromatic rings. The second-order valence-electron chi connectivity index (χ2n) is 17.2. The van der Waals surface area contributed by atoms with Gasteiger partial charge in [0.15, 0.2) is 0 Å². The summed E-state index contributed by atoms with van der Waals surface area (Å²) in [5.74, 6) is 2.91. The molecule has 360 valence electrons. The molecule has 0 radical (unpaired) electrons. The molecule has 0 atom stereocenters. The number of hydrogen-bond acceptors (Lipinski definition) is 9. The van der Waals surface area contributed by atoms with E-state index in [9.17, 15) is 9.59 Å². The molecule has 6 rings (SSSR count). The lowest BCUT2D eigenvalue weighted by molar-refractivity contribution is 0.0725. The van der Waals surface area contributed by atoms with Gasteiger partial charge in [-0.3, -0.25) is 9.98 Å². The number of benzene rings is 6. The smallest absolute Gasteiger partial charge is 0.343 e. The maximum Gasteiger partial charge on any atom is 0.343 e. The first-order valence-corrected chi connectivity index (χ1v) is 25.0. The largest absolute Gasteiger partial charge is 0.494 e. The minimum atomic E-state index is -0.424. The van der Waals surface area contributed by atoms with Crippen LogP contribution in [-0.2, 0) is 0 Å². The van der Waals surface area contributed by atoms with E-state index in [1.807, 2.05) is 97.1 Å². The Morgan fingerprint density at radius 1 is 0.362 bits per heavy atom. The molecule has 0 heterocycles. The molecule has 69 heavy (non-hydrogen) atoms. The standard InChI is InChI=1S/C60H68N2O7/c1-3-5-7-9-11-13-15-17-43-65-53-35-23-49(24-36-53)59(63)68-57-31-19-47(20-32-57)45-61-51-27-39-55(40-28-51)67-56-41-29-52(30-42-56)62-46-48-21-33-58(34-22-48)69-60(64)50-25-37-54(38-26-50)66-44-18-16-14-12-10-8-6-4-2/h19-42,45-46H,3-18,43-44H2,1-2H3. The molecule has 0 aliphatic heterocycles. The van der Waals surface area contributed by atoms with Crippen molar-refractivity contribution in [2.24, 2.45) is 9.98 Å². The molecule has 0 N–H and O–H groups in total. The first kappa shape index (κ1) is 51.4. The zero-order chi connectivity index (χ0) is 48.1. The van der Waals surface area contributed by atoms with Crippen LogP contribution in [-0.4, -0.2) is 37.6 Å². The highest BCUT2D eigenvalue weighted by Gasteiger charge is 2.11. The minimum absolute atomic E-state index is 0.424. The van der Waals surface area contributed by atoms with E-state index in [4.69, 9.17) is 23.7 Å². The van der Waals surface area contributed by atoms with Gasteiger partial charge in [-0.15, -0.1) is 0 Å².